The first-order valence-corrected chi connectivity index (χ1v) is 7.30. The number of hydrogen-bond donors (Lipinski definition) is 0. The number of carbonyl (C=O) groups is 1. The highest BCUT2D eigenvalue weighted by atomic mass is 16.7. The number of esters is 1. The number of carbonyl (C=O) groups excluding carboxylic acids is 1. The normalized spacial score (nSPS) is 21.3. The fourth-order valence-electron chi connectivity index (χ4n) is 2.31. The van der Waals surface area contributed by atoms with E-state index in [-0.39, 0.29) is 18.2 Å². The molecule has 1 fully saturated rings. The van der Waals surface area contributed by atoms with Crippen molar-refractivity contribution >= 4 is 13.1 Å². The van der Waals surface area contributed by atoms with Crippen LogP contribution in [-0.4, -0.2) is 30.9 Å². The number of furan rings is 1. The molecule has 0 aromatic carbocycles. The van der Waals surface area contributed by atoms with E-state index in [2.05, 4.69) is 0 Å². The van der Waals surface area contributed by atoms with Gasteiger partial charge in [0.25, 0.3) is 0 Å². The van der Waals surface area contributed by atoms with E-state index in [0.717, 1.165) is 5.56 Å². The van der Waals surface area contributed by atoms with Gasteiger partial charge in [0, 0.05) is 5.82 Å². The minimum absolute atomic E-state index is 0.199. The summed E-state index contributed by atoms with van der Waals surface area (Å²) in [5.41, 5.74) is 0.00404. The smallest absolute Gasteiger partial charge is 0.466 e. The second kappa shape index (κ2) is 5.85. The molecule has 0 amide bonds. The van der Waals surface area contributed by atoms with Gasteiger partial charge in [0.1, 0.15) is 0 Å². The van der Waals surface area contributed by atoms with Crippen molar-refractivity contribution in [3.63, 3.8) is 0 Å². The van der Waals surface area contributed by atoms with Gasteiger partial charge in [-0.1, -0.05) is 0 Å². The second-order valence-electron chi connectivity index (χ2n) is 6.30. The van der Waals surface area contributed by atoms with E-state index < -0.39 is 18.3 Å². The van der Waals surface area contributed by atoms with Gasteiger partial charge in [-0.3, -0.25) is 4.79 Å². The van der Waals surface area contributed by atoms with Gasteiger partial charge in [0.05, 0.1) is 36.8 Å². The molecule has 1 aromatic rings. The van der Waals surface area contributed by atoms with Crippen LogP contribution in [0.4, 0.5) is 0 Å². The lowest BCUT2D eigenvalue weighted by molar-refractivity contribution is -0.143. The highest BCUT2D eigenvalue weighted by molar-refractivity contribution is 6.48. The topological polar surface area (TPSA) is 57.9 Å². The molecule has 0 radical (unpaired) electrons. The Balaban J connectivity index is 2.19. The summed E-state index contributed by atoms with van der Waals surface area (Å²) in [5, 5.41) is 0. The third kappa shape index (κ3) is 3.32. The van der Waals surface area contributed by atoms with Crippen molar-refractivity contribution in [3.05, 3.63) is 24.2 Å². The molecule has 5 nitrogen and oxygen atoms in total. The van der Waals surface area contributed by atoms with Crippen LogP contribution in [0.25, 0.3) is 0 Å². The molecule has 0 N–H and O–H groups in total. The molecule has 2 rings (SSSR count). The van der Waals surface area contributed by atoms with Gasteiger partial charge in [0.2, 0.25) is 0 Å². The van der Waals surface area contributed by atoms with Gasteiger partial charge in [-0.25, -0.2) is 0 Å². The number of rotatable bonds is 5. The first-order valence-electron chi connectivity index (χ1n) is 7.30. The van der Waals surface area contributed by atoms with Crippen LogP contribution >= 0.6 is 0 Å². The van der Waals surface area contributed by atoms with Gasteiger partial charge < -0.3 is 18.5 Å². The molecule has 0 bridgehead atoms. The fourth-order valence-corrected chi connectivity index (χ4v) is 2.31. The van der Waals surface area contributed by atoms with E-state index in [9.17, 15) is 4.79 Å². The predicted molar refractivity (Wildman–Crippen MR) is 78.8 cm³/mol. The first-order chi connectivity index (χ1) is 9.77. The fraction of sp³-hybridized carbons (Fsp3) is 0.667. The molecule has 0 saturated carbocycles. The Morgan fingerprint density at radius 3 is 2.38 bits per heavy atom. The summed E-state index contributed by atoms with van der Waals surface area (Å²) in [6.45, 7) is 10.1. The van der Waals surface area contributed by atoms with Crippen LogP contribution in [0.3, 0.4) is 0 Å². The summed E-state index contributed by atoms with van der Waals surface area (Å²) < 4.78 is 22.3. The molecule has 0 spiro atoms. The summed E-state index contributed by atoms with van der Waals surface area (Å²) in [6, 6.07) is 1.83. The van der Waals surface area contributed by atoms with Crippen molar-refractivity contribution < 1.29 is 23.3 Å². The van der Waals surface area contributed by atoms with Crippen LogP contribution in [0, 0.1) is 0 Å². The first kappa shape index (κ1) is 16.1. The van der Waals surface area contributed by atoms with Crippen LogP contribution < -0.4 is 0 Å². The van der Waals surface area contributed by atoms with Gasteiger partial charge in [-0.05, 0) is 46.2 Å². The Morgan fingerprint density at radius 2 is 1.90 bits per heavy atom. The monoisotopic (exact) mass is 294 g/mol. The molecular weight excluding hydrogens is 271 g/mol. The lowest BCUT2D eigenvalue weighted by atomic mass is 9.67. The van der Waals surface area contributed by atoms with Crippen molar-refractivity contribution in [2.24, 2.45) is 0 Å². The molecule has 1 unspecified atom stereocenters. The molecule has 1 aromatic heterocycles. The highest BCUT2D eigenvalue weighted by Crippen LogP contribution is 2.41. The molecule has 1 aliphatic heterocycles. The van der Waals surface area contributed by atoms with Crippen molar-refractivity contribution in [2.75, 3.05) is 6.61 Å². The maximum atomic E-state index is 11.9. The molecule has 1 aliphatic rings. The minimum atomic E-state index is -0.503. The summed E-state index contributed by atoms with van der Waals surface area (Å²) >= 11 is 0. The molecular formula is C15H23BO5. The van der Waals surface area contributed by atoms with Gasteiger partial charge in [0.15, 0.2) is 0 Å². The summed E-state index contributed by atoms with van der Waals surface area (Å²) in [7, 11) is -0.503. The standard InChI is InChI=1S/C15H23BO5/c1-6-19-13(17)9-12(11-7-8-18-10-11)16-20-14(2,3)15(4,5)21-16/h7-8,10,12H,6,9H2,1-5H3. The van der Waals surface area contributed by atoms with Gasteiger partial charge >= 0.3 is 13.1 Å². The molecule has 1 atom stereocenters. The Kier molecular flexibility index (Phi) is 4.49. The summed E-state index contributed by atoms with van der Waals surface area (Å²) in [5.74, 6) is -0.512. The van der Waals surface area contributed by atoms with Crippen molar-refractivity contribution in [2.45, 2.75) is 58.1 Å². The van der Waals surface area contributed by atoms with Crippen molar-refractivity contribution in [1.29, 1.82) is 0 Å². The third-order valence-corrected chi connectivity index (χ3v) is 4.26. The molecule has 1 saturated heterocycles. The van der Waals surface area contributed by atoms with E-state index in [4.69, 9.17) is 18.5 Å². The highest BCUT2D eigenvalue weighted by Gasteiger charge is 2.54. The van der Waals surface area contributed by atoms with Crippen molar-refractivity contribution in [1.82, 2.24) is 0 Å². The van der Waals surface area contributed by atoms with E-state index >= 15 is 0 Å². The maximum absolute atomic E-state index is 11.9. The van der Waals surface area contributed by atoms with Crippen LogP contribution in [-0.2, 0) is 18.8 Å². The Hall–Kier alpha value is -1.27. The zero-order valence-electron chi connectivity index (χ0n) is 13.3. The Bertz CT molecular complexity index is 464. The molecule has 116 valence electrons. The second-order valence-corrected chi connectivity index (χ2v) is 6.30. The lowest BCUT2D eigenvalue weighted by Gasteiger charge is -2.32. The Morgan fingerprint density at radius 1 is 1.29 bits per heavy atom. The van der Waals surface area contributed by atoms with E-state index in [1.54, 1.807) is 19.5 Å². The van der Waals surface area contributed by atoms with Crippen LogP contribution in [0.15, 0.2) is 23.0 Å². The van der Waals surface area contributed by atoms with Gasteiger partial charge in [-0.15, -0.1) is 0 Å². The molecule has 21 heavy (non-hydrogen) atoms. The number of hydrogen-bond acceptors (Lipinski definition) is 5. The minimum Gasteiger partial charge on any atom is -0.472 e. The van der Waals surface area contributed by atoms with E-state index in [1.165, 1.54) is 0 Å². The third-order valence-electron chi connectivity index (χ3n) is 4.26. The zero-order valence-corrected chi connectivity index (χ0v) is 13.3. The molecule has 2 heterocycles. The van der Waals surface area contributed by atoms with Crippen LogP contribution in [0.1, 0.15) is 52.4 Å². The summed E-state index contributed by atoms with van der Waals surface area (Å²) in [6.07, 6.45) is 3.40. The lowest BCUT2D eigenvalue weighted by Crippen LogP contribution is -2.41. The van der Waals surface area contributed by atoms with Crippen molar-refractivity contribution in [3.8, 4) is 0 Å². The maximum Gasteiger partial charge on any atom is 0.466 e. The van der Waals surface area contributed by atoms with Gasteiger partial charge in [-0.2, -0.15) is 0 Å². The average Bonchev–Trinajstić information content (AvgIpc) is 2.94. The van der Waals surface area contributed by atoms with E-state index in [1.807, 2.05) is 33.8 Å². The average molecular weight is 294 g/mol. The van der Waals surface area contributed by atoms with Crippen LogP contribution in [0.5, 0.6) is 0 Å². The SMILES string of the molecule is CCOC(=O)CC(B1OC(C)(C)C(C)(C)O1)c1ccoc1. The Labute approximate surface area is 126 Å². The van der Waals surface area contributed by atoms with Crippen LogP contribution in [0.2, 0.25) is 0 Å². The molecule has 0 aliphatic carbocycles. The summed E-state index contributed by atoms with van der Waals surface area (Å²) in [4.78, 5) is 11.9. The zero-order chi connectivity index (χ0) is 15.7. The largest absolute Gasteiger partial charge is 0.472 e. The quantitative estimate of drug-likeness (QED) is 0.617. The molecule has 6 heteroatoms. The van der Waals surface area contributed by atoms with E-state index in [0.29, 0.717) is 6.61 Å². The number of ether oxygens (including phenoxy) is 1. The predicted octanol–water partition coefficient (Wildman–Crippen LogP) is 2.95.